The third kappa shape index (κ3) is 6.06. The first kappa shape index (κ1) is 18.7. The van der Waals surface area contributed by atoms with E-state index in [-0.39, 0.29) is 5.54 Å². The van der Waals surface area contributed by atoms with Gasteiger partial charge in [-0.2, -0.15) is 0 Å². The van der Waals surface area contributed by atoms with Crippen LogP contribution in [0.4, 0.5) is 0 Å². The minimum atomic E-state index is -1.26. The number of benzene rings is 1. The van der Waals surface area contributed by atoms with E-state index in [2.05, 4.69) is 41.5 Å². The zero-order valence-electron chi connectivity index (χ0n) is 14.3. The van der Waals surface area contributed by atoms with Crippen LogP contribution in [0, 0.1) is 5.92 Å². The SMILES string of the molecule is CC1(CC2CCc3ccccc3C2)CNC=N1.O=C(O)C=CC(=O)O. The number of fused-ring (bicyclic) bond motifs is 1. The molecule has 0 saturated heterocycles. The molecule has 25 heavy (non-hydrogen) atoms. The van der Waals surface area contributed by atoms with Gasteiger partial charge in [0.05, 0.1) is 11.9 Å². The van der Waals surface area contributed by atoms with E-state index < -0.39 is 11.9 Å². The van der Waals surface area contributed by atoms with E-state index >= 15 is 0 Å². The Kier molecular flexibility index (Phi) is 6.33. The van der Waals surface area contributed by atoms with Gasteiger partial charge >= 0.3 is 11.9 Å². The minimum absolute atomic E-state index is 0.136. The summed E-state index contributed by atoms with van der Waals surface area (Å²) in [6, 6.07) is 8.90. The second kappa shape index (κ2) is 8.46. The summed E-state index contributed by atoms with van der Waals surface area (Å²) in [7, 11) is 0. The molecule has 1 heterocycles. The number of aliphatic imine (C=N–C) groups is 1. The Labute approximate surface area is 147 Å². The number of nitrogens with zero attached hydrogens (tertiary/aromatic N) is 1. The highest BCUT2D eigenvalue weighted by molar-refractivity contribution is 5.89. The van der Waals surface area contributed by atoms with Crippen LogP contribution in [-0.4, -0.2) is 40.6 Å². The summed E-state index contributed by atoms with van der Waals surface area (Å²) >= 11 is 0. The highest BCUT2D eigenvalue weighted by Crippen LogP contribution is 2.32. The van der Waals surface area contributed by atoms with Gasteiger partial charge in [-0.3, -0.25) is 4.99 Å². The number of rotatable bonds is 4. The molecule has 1 aromatic carbocycles. The highest BCUT2D eigenvalue weighted by atomic mass is 16.4. The van der Waals surface area contributed by atoms with Gasteiger partial charge < -0.3 is 15.5 Å². The van der Waals surface area contributed by atoms with E-state index in [1.165, 1.54) is 25.7 Å². The van der Waals surface area contributed by atoms with Crippen molar-refractivity contribution < 1.29 is 19.8 Å². The molecule has 0 aromatic heterocycles. The van der Waals surface area contributed by atoms with Gasteiger partial charge in [0.25, 0.3) is 0 Å². The maximum Gasteiger partial charge on any atom is 0.328 e. The smallest absolute Gasteiger partial charge is 0.328 e. The lowest BCUT2D eigenvalue weighted by Crippen LogP contribution is -2.32. The van der Waals surface area contributed by atoms with Crippen molar-refractivity contribution in [3.63, 3.8) is 0 Å². The third-order valence-electron chi connectivity index (χ3n) is 4.50. The first-order valence-electron chi connectivity index (χ1n) is 8.36. The van der Waals surface area contributed by atoms with Crippen molar-refractivity contribution in [1.29, 1.82) is 0 Å². The lowest BCUT2D eigenvalue weighted by atomic mass is 9.78. The lowest BCUT2D eigenvalue weighted by molar-refractivity contribution is -0.134. The molecular weight excluding hydrogens is 320 g/mol. The zero-order valence-corrected chi connectivity index (χ0v) is 14.3. The lowest BCUT2D eigenvalue weighted by Gasteiger charge is -2.30. The van der Waals surface area contributed by atoms with E-state index in [9.17, 15) is 9.59 Å². The Morgan fingerprint density at radius 1 is 1.24 bits per heavy atom. The second-order valence-corrected chi connectivity index (χ2v) is 6.73. The molecule has 2 unspecified atom stereocenters. The summed E-state index contributed by atoms with van der Waals surface area (Å²) in [4.78, 5) is 23.7. The molecule has 0 amide bonds. The number of hydrogen-bond donors (Lipinski definition) is 3. The number of hydrogen-bond acceptors (Lipinski definition) is 4. The molecule has 134 valence electrons. The Balaban J connectivity index is 0.000000242. The number of aliphatic carboxylic acids is 2. The van der Waals surface area contributed by atoms with E-state index in [4.69, 9.17) is 10.2 Å². The number of carboxylic acid groups (broad SMARTS) is 2. The van der Waals surface area contributed by atoms with Crippen molar-refractivity contribution in [2.45, 2.75) is 38.1 Å². The summed E-state index contributed by atoms with van der Waals surface area (Å²) in [6.07, 6.45) is 8.00. The number of nitrogens with one attached hydrogen (secondary N) is 1. The number of carbonyl (C=O) groups is 2. The molecule has 0 radical (unpaired) electrons. The van der Waals surface area contributed by atoms with E-state index in [1.807, 2.05) is 6.34 Å². The standard InChI is InChI=1S/C15H20N2.C4H4O4/c1-15(10-16-11-17-15)9-12-6-7-13-4-2-3-5-14(13)8-12;5-3(6)1-2-4(7)8/h2-5,11-12H,6-10H2,1H3,(H,16,17);1-2H,(H,5,6)(H,7,8). The number of carboxylic acids is 2. The van der Waals surface area contributed by atoms with Crippen LogP contribution in [0.5, 0.6) is 0 Å². The van der Waals surface area contributed by atoms with Gasteiger partial charge in [-0.05, 0) is 49.7 Å². The van der Waals surface area contributed by atoms with Gasteiger partial charge in [-0.25, -0.2) is 9.59 Å². The Bertz CT molecular complexity index is 668. The molecule has 0 saturated carbocycles. The van der Waals surface area contributed by atoms with Crippen molar-refractivity contribution in [2.24, 2.45) is 10.9 Å². The summed E-state index contributed by atoms with van der Waals surface area (Å²) < 4.78 is 0. The predicted molar refractivity (Wildman–Crippen MR) is 95.9 cm³/mol. The van der Waals surface area contributed by atoms with E-state index in [1.54, 1.807) is 11.1 Å². The van der Waals surface area contributed by atoms with Crippen molar-refractivity contribution in [1.82, 2.24) is 5.32 Å². The van der Waals surface area contributed by atoms with Crippen LogP contribution in [-0.2, 0) is 22.4 Å². The fraction of sp³-hybridized carbons (Fsp3) is 0.421. The van der Waals surface area contributed by atoms with Crippen LogP contribution in [0.25, 0.3) is 0 Å². The highest BCUT2D eigenvalue weighted by Gasteiger charge is 2.31. The molecule has 1 aliphatic carbocycles. The van der Waals surface area contributed by atoms with Crippen LogP contribution >= 0.6 is 0 Å². The zero-order chi connectivity index (χ0) is 18.3. The maximum atomic E-state index is 9.55. The average molecular weight is 344 g/mol. The fourth-order valence-corrected chi connectivity index (χ4v) is 3.35. The van der Waals surface area contributed by atoms with Gasteiger partial charge in [-0.15, -0.1) is 0 Å². The molecule has 0 bridgehead atoms. The summed E-state index contributed by atoms with van der Waals surface area (Å²) in [6.45, 7) is 3.27. The van der Waals surface area contributed by atoms with Crippen LogP contribution in [0.1, 0.15) is 30.9 Å². The van der Waals surface area contributed by atoms with Crippen molar-refractivity contribution in [2.75, 3.05) is 6.54 Å². The quantitative estimate of drug-likeness (QED) is 0.728. The van der Waals surface area contributed by atoms with Crippen LogP contribution in [0.3, 0.4) is 0 Å². The topological polar surface area (TPSA) is 99.0 Å². The molecule has 6 nitrogen and oxygen atoms in total. The molecule has 0 spiro atoms. The fourth-order valence-electron chi connectivity index (χ4n) is 3.35. The third-order valence-corrected chi connectivity index (χ3v) is 4.50. The molecule has 6 heteroatoms. The Morgan fingerprint density at radius 2 is 1.88 bits per heavy atom. The minimum Gasteiger partial charge on any atom is -0.478 e. The Hall–Kier alpha value is -2.63. The number of aryl methyl sites for hydroxylation is 1. The van der Waals surface area contributed by atoms with Crippen molar-refractivity contribution in [3.8, 4) is 0 Å². The maximum absolute atomic E-state index is 9.55. The van der Waals surface area contributed by atoms with E-state index in [0.29, 0.717) is 12.2 Å². The van der Waals surface area contributed by atoms with Gasteiger partial charge in [0.2, 0.25) is 0 Å². The average Bonchev–Trinajstić information content (AvgIpc) is 2.99. The van der Waals surface area contributed by atoms with Gasteiger partial charge in [-0.1, -0.05) is 24.3 Å². The van der Waals surface area contributed by atoms with Gasteiger partial charge in [0, 0.05) is 18.7 Å². The van der Waals surface area contributed by atoms with Crippen molar-refractivity contribution >= 4 is 18.3 Å². The molecule has 0 fully saturated rings. The predicted octanol–water partition coefficient (Wildman–Crippen LogP) is 2.28. The summed E-state index contributed by atoms with van der Waals surface area (Å²) in [5.74, 6) is -1.72. The monoisotopic (exact) mass is 344 g/mol. The van der Waals surface area contributed by atoms with Gasteiger partial charge in [0.15, 0.2) is 0 Å². The van der Waals surface area contributed by atoms with Crippen LogP contribution in [0.2, 0.25) is 0 Å². The van der Waals surface area contributed by atoms with Crippen LogP contribution < -0.4 is 5.32 Å². The summed E-state index contributed by atoms with van der Waals surface area (Å²) in [5, 5.41) is 18.9. The van der Waals surface area contributed by atoms with Gasteiger partial charge in [0.1, 0.15) is 0 Å². The molecule has 1 aliphatic heterocycles. The molecule has 1 aromatic rings. The molecular formula is C19H24N2O4. The largest absolute Gasteiger partial charge is 0.478 e. The molecule has 2 atom stereocenters. The normalized spacial score (nSPS) is 24.1. The molecule has 3 N–H and O–H groups in total. The molecule has 3 rings (SSSR count). The van der Waals surface area contributed by atoms with Crippen LogP contribution in [0.15, 0.2) is 41.4 Å². The second-order valence-electron chi connectivity index (χ2n) is 6.73. The van der Waals surface area contributed by atoms with Crippen molar-refractivity contribution in [3.05, 3.63) is 47.5 Å². The van der Waals surface area contributed by atoms with E-state index in [0.717, 1.165) is 12.5 Å². The first-order chi connectivity index (χ1) is 11.9. The Morgan fingerprint density at radius 3 is 2.44 bits per heavy atom. The summed E-state index contributed by atoms with van der Waals surface area (Å²) in [5.41, 5.74) is 3.25. The first-order valence-corrected chi connectivity index (χ1v) is 8.36. The molecule has 2 aliphatic rings.